The van der Waals surface area contributed by atoms with Gasteiger partial charge in [0.15, 0.2) is 0 Å². The Bertz CT molecular complexity index is 3980. The van der Waals surface area contributed by atoms with E-state index in [4.69, 9.17) is 29.2 Å². The van der Waals surface area contributed by atoms with Crippen molar-refractivity contribution < 1.29 is 42.6 Å². The van der Waals surface area contributed by atoms with Crippen molar-refractivity contribution in [2.75, 3.05) is 60.6 Å². The van der Waals surface area contributed by atoms with Crippen molar-refractivity contribution in [2.45, 2.75) is 40.4 Å². The summed E-state index contributed by atoms with van der Waals surface area (Å²) in [6.07, 6.45) is 0. The van der Waals surface area contributed by atoms with Gasteiger partial charge in [0, 0.05) is 108 Å². The number of pyridine rings is 3. The van der Waals surface area contributed by atoms with Gasteiger partial charge in [-0.15, -0.1) is 0 Å². The standard InChI is InChI=1S/C72H69N6O9P3/c1-52-40-64(85-4)31-28-58(52)25-22-55-43-61(73-70(46-55)88(79,80)67-16-10-7-11-17-67)49-76-34-36-77(50-62-44-56(23-26-59-29-32-65(86-5)41-53(59)2)47-71(74-62)89(81,82)68-18-12-8-13-19-68)38-39-78(37-35-76)51-63-45-57(24-27-60-30-33-66(87-6)42-54(60)3)48-72(75-63)90(83,84)69-20-14-9-15-21-69/h7-21,28-33,40-48H,34-39,49-51H2,1-6H3,(H,79,80)(H,81,82)(H,83,84). The highest BCUT2D eigenvalue weighted by Gasteiger charge is 2.31. The molecule has 15 nitrogen and oxygen atoms in total. The van der Waals surface area contributed by atoms with Gasteiger partial charge in [-0.25, -0.2) is 15.0 Å². The maximum absolute atomic E-state index is 14.6. The molecule has 1 saturated heterocycles. The minimum absolute atomic E-state index is 0.00171. The van der Waals surface area contributed by atoms with Crippen molar-refractivity contribution in [3.8, 4) is 52.8 Å². The van der Waals surface area contributed by atoms with E-state index in [1.807, 2.05) is 93.6 Å². The van der Waals surface area contributed by atoms with E-state index in [-0.39, 0.29) is 51.9 Å². The number of aryl methyl sites for hydroxylation is 3. The molecular weight excluding hydrogens is 1190 g/mol. The van der Waals surface area contributed by atoms with Gasteiger partial charge in [0.25, 0.3) is 22.1 Å². The monoisotopic (exact) mass is 1250 g/mol. The van der Waals surface area contributed by atoms with Crippen LogP contribution in [0.25, 0.3) is 0 Å². The van der Waals surface area contributed by atoms with Crippen molar-refractivity contribution in [1.82, 2.24) is 29.7 Å². The smallest absolute Gasteiger partial charge is 0.276 e. The number of hydrogen-bond donors (Lipinski definition) is 3. The van der Waals surface area contributed by atoms with Crippen LogP contribution in [0.15, 0.2) is 182 Å². The molecule has 1 aliphatic rings. The third kappa shape index (κ3) is 16.0. The minimum atomic E-state index is -4.23. The number of rotatable bonds is 15. The Kier molecular flexibility index (Phi) is 20.6. The molecule has 90 heavy (non-hydrogen) atoms. The van der Waals surface area contributed by atoms with Gasteiger partial charge in [0.2, 0.25) is 0 Å². The molecule has 0 aliphatic carbocycles. The number of aromatic nitrogens is 3. The van der Waals surface area contributed by atoms with Crippen LogP contribution in [0.1, 0.15) is 67.2 Å². The van der Waals surface area contributed by atoms with Crippen LogP contribution < -0.4 is 46.4 Å². The molecule has 3 aromatic heterocycles. The van der Waals surface area contributed by atoms with Crippen LogP contribution in [-0.2, 0) is 33.3 Å². The van der Waals surface area contributed by atoms with Crippen molar-refractivity contribution in [3.05, 3.63) is 249 Å². The lowest BCUT2D eigenvalue weighted by molar-refractivity contribution is 0.207. The summed E-state index contributed by atoms with van der Waals surface area (Å²) < 4.78 is 60.1. The van der Waals surface area contributed by atoms with Gasteiger partial charge >= 0.3 is 0 Å². The van der Waals surface area contributed by atoms with Gasteiger partial charge in [0.05, 0.1) is 38.4 Å². The minimum Gasteiger partial charge on any atom is -0.497 e. The molecule has 1 fully saturated rings. The first-order valence-corrected chi connectivity index (χ1v) is 34.2. The largest absolute Gasteiger partial charge is 0.497 e. The summed E-state index contributed by atoms with van der Waals surface area (Å²) in [5.41, 5.74) is 8.16. The SMILES string of the molecule is COc1ccc(C#Cc2cc(CN3CCN(Cc4cc(C#Cc5ccc(OC)cc5C)cc(P(=O)(O)c5ccccc5)n4)CCN(Cc4cc(C#Cc5ccc(OC)cc5C)cc(P(=O)(O)c5ccccc5)n4)CC3)nc(P(=O)(O)c3ccccc3)c2)c(C)c1. The summed E-state index contributed by atoms with van der Waals surface area (Å²) in [7, 11) is -7.85. The molecule has 9 aromatic rings. The second-order valence-electron chi connectivity index (χ2n) is 22.0. The second-order valence-corrected chi connectivity index (χ2v) is 28.4. The fourth-order valence-corrected chi connectivity index (χ4v) is 14.7. The molecule has 1 aliphatic heterocycles. The highest BCUT2D eigenvalue weighted by atomic mass is 31.2. The first-order chi connectivity index (χ1) is 43.4. The zero-order valence-electron chi connectivity index (χ0n) is 51.0. The second kappa shape index (κ2) is 28.8. The predicted molar refractivity (Wildman–Crippen MR) is 356 cm³/mol. The molecule has 3 unspecified atom stereocenters. The summed E-state index contributed by atoms with van der Waals surface area (Å²) >= 11 is 0. The molecule has 456 valence electrons. The maximum Gasteiger partial charge on any atom is 0.276 e. The van der Waals surface area contributed by atoms with Crippen LogP contribution in [0.3, 0.4) is 0 Å². The molecule has 0 amide bonds. The van der Waals surface area contributed by atoms with Gasteiger partial charge in [-0.3, -0.25) is 28.4 Å². The summed E-state index contributed by atoms with van der Waals surface area (Å²) in [6, 6.07) is 52.7. The Morgan fingerprint density at radius 2 is 0.622 bits per heavy atom. The van der Waals surface area contributed by atoms with E-state index in [0.717, 1.165) is 33.4 Å². The molecule has 0 saturated carbocycles. The van der Waals surface area contributed by atoms with Crippen molar-refractivity contribution in [3.63, 3.8) is 0 Å². The van der Waals surface area contributed by atoms with Gasteiger partial charge in [-0.1, -0.05) is 90.1 Å². The summed E-state index contributed by atoms with van der Waals surface area (Å²) in [6.45, 7) is 9.59. The van der Waals surface area contributed by atoms with Crippen LogP contribution in [-0.4, -0.2) is 105 Å². The predicted octanol–water partition coefficient (Wildman–Crippen LogP) is 8.51. The Labute approximate surface area is 526 Å². The molecular formula is C72H69N6O9P3. The normalized spacial score (nSPS) is 15.0. The van der Waals surface area contributed by atoms with Crippen LogP contribution in [0, 0.1) is 56.3 Å². The Morgan fingerprint density at radius 1 is 0.367 bits per heavy atom. The molecule has 10 rings (SSSR count). The van der Waals surface area contributed by atoms with Crippen molar-refractivity contribution in [1.29, 1.82) is 0 Å². The van der Waals surface area contributed by atoms with Crippen molar-refractivity contribution in [2.24, 2.45) is 0 Å². The summed E-state index contributed by atoms with van der Waals surface area (Å²) in [5, 5.41) is 0.713. The topological polar surface area (TPSA) is 188 Å². The molecule has 0 bridgehead atoms. The fraction of sp³-hybridized carbons (Fsp3) is 0.208. The lowest BCUT2D eigenvalue weighted by atomic mass is 10.1. The van der Waals surface area contributed by atoms with Gasteiger partial charge in [-0.05, 0) is 165 Å². The van der Waals surface area contributed by atoms with Crippen molar-refractivity contribution >= 4 is 54.3 Å². The zero-order chi connectivity index (χ0) is 63.4. The molecule has 4 heterocycles. The quantitative estimate of drug-likeness (QED) is 0.0654. The molecule has 6 aromatic carbocycles. The van der Waals surface area contributed by atoms with E-state index >= 15 is 0 Å². The fourth-order valence-electron chi connectivity index (χ4n) is 10.4. The van der Waals surface area contributed by atoms with Crippen LogP contribution in [0.5, 0.6) is 17.2 Å². The number of hydrogen-bond acceptors (Lipinski definition) is 12. The third-order valence-corrected chi connectivity index (χ3v) is 21.1. The average Bonchev–Trinajstić information content (AvgIpc) is 1.49. The Hall–Kier alpha value is -8.70. The number of benzene rings is 6. The van der Waals surface area contributed by atoms with E-state index in [2.05, 4.69) is 50.2 Å². The summed E-state index contributed by atoms with van der Waals surface area (Å²) in [4.78, 5) is 57.3. The zero-order valence-corrected chi connectivity index (χ0v) is 53.7. The first kappa shape index (κ1) is 64.3. The van der Waals surface area contributed by atoms with E-state index in [0.29, 0.717) is 90.3 Å². The van der Waals surface area contributed by atoms with E-state index < -0.39 is 22.1 Å². The highest BCUT2D eigenvalue weighted by Crippen LogP contribution is 2.40. The lowest BCUT2D eigenvalue weighted by Gasteiger charge is -2.26. The first-order valence-electron chi connectivity index (χ1n) is 29.2. The molecule has 3 N–H and O–H groups in total. The van der Waals surface area contributed by atoms with Crippen LogP contribution in [0.4, 0.5) is 0 Å². The third-order valence-electron chi connectivity index (χ3n) is 15.5. The maximum atomic E-state index is 14.6. The molecule has 0 spiro atoms. The molecule has 3 atom stereocenters. The number of methoxy groups -OCH3 is 3. The van der Waals surface area contributed by atoms with Crippen LogP contribution in [0.2, 0.25) is 0 Å². The number of nitrogens with zero attached hydrogens (tertiary/aromatic N) is 6. The van der Waals surface area contributed by atoms with E-state index in [1.54, 1.807) is 131 Å². The van der Waals surface area contributed by atoms with E-state index in [1.165, 1.54) is 0 Å². The number of ether oxygens (including phenoxy) is 3. The molecule has 18 heteroatoms. The Balaban J connectivity index is 1.04. The average molecular weight is 1260 g/mol. The summed E-state index contributed by atoms with van der Waals surface area (Å²) in [5.74, 6) is 21.8. The lowest BCUT2D eigenvalue weighted by Crippen LogP contribution is -2.36. The Morgan fingerprint density at radius 3 is 0.856 bits per heavy atom. The van der Waals surface area contributed by atoms with Gasteiger partial charge < -0.3 is 28.9 Å². The van der Waals surface area contributed by atoms with Gasteiger partial charge in [0.1, 0.15) is 33.6 Å². The van der Waals surface area contributed by atoms with Crippen LogP contribution >= 0.6 is 22.1 Å². The van der Waals surface area contributed by atoms with Gasteiger partial charge in [-0.2, -0.15) is 0 Å². The highest BCUT2D eigenvalue weighted by molar-refractivity contribution is 7.74. The molecule has 0 radical (unpaired) electrons. The van der Waals surface area contributed by atoms with E-state index in [9.17, 15) is 28.4 Å².